The smallest absolute Gasteiger partial charge is 0.325 e. The molecule has 0 aliphatic carbocycles. The number of esters is 1. The lowest BCUT2D eigenvalue weighted by atomic mass is 10.1. The van der Waals surface area contributed by atoms with Crippen molar-refractivity contribution in [1.29, 1.82) is 0 Å². The largest absolute Gasteiger partial charge is 0.445 e. The molecule has 1 aliphatic rings. The molecule has 1 heterocycles. The number of hydrogen-bond acceptors (Lipinski definition) is 3. The van der Waals surface area contributed by atoms with E-state index < -0.39 is 0 Å². The zero-order chi connectivity index (χ0) is 10.0. The highest BCUT2D eigenvalue weighted by atomic mass is 16.6. The average Bonchev–Trinajstić information content (AvgIpc) is 2.24. The van der Waals surface area contributed by atoms with Crippen LogP contribution in [-0.2, 0) is 9.53 Å². The second kappa shape index (κ2) is 3.92. The van der Waals surface area contributed by atoms with Gasteiger partial charge in [-0.15, -0.1) is 0 Å². The molecule has 1 aliphatic heterocycles. The lowest BCUT2D eigenvalue weighted by Crippen LogP contribution is -2.32. The van der Waals surface area contributed by atoms with Crippen LogP contribution < -0.4 is 0 Å². The number of allylic oxidation sites excluding steroid dienone is 1. The predicted molar refractivity (Wildman–Crippen MR) is 51.2 cm³/mol. The van der Waals surface area contributed by atoms with E-state index in [1.807, 2.05) is 32.7 Å². The van der Waals surface area contributed by atoms with Crippen LogP contribution in [0.25, 0.3) is 0 Å². The first-order valence-electron chi connectivity index (χ1n) is 4.58. The van der Waals surface area contributed by atoms with Gasteiger partial charge in [-0.25, -0.2) is 0 Å². The van der Waals surface area contributed by atoms with Gasteiger partial charge in [-0.3, -0.25) is 9.69 Å². The Morgan fingerprint density at radius 2 is 2.23 bits per heavy atom. The molecular weight excluding hydrogens is 166 g/mol. The third-order valence-electron chi connectivity index (χ3n) is 2.37. The van der Waals surface area contributed by atoms with Crippen molar-refractivity contribution in [2.45, 2.75) is 39.5 Å². The summed E-state index contributed by atoms with van der Waals surface area (Å²) in [5, 5.41) is 0. The molecule has 0 aromatic heterocycles. The molecule has 0 amide bonds. The third-order valence-corrected chi connectivity index (χ3v) is 2.37. The topological polar surface area (TPSA) is 29.5 Å². The van der Waals surface area contributed by atoms with E-state index in [1.165, 1.54) is 5.57 Å². The molecule has 3 nitrogen and oxygen atoms in total. The quantitative estimate of drug-likeness (QED) is 0.480. The summed E-state index contributed by atoms with van der Waals surface area (Å²) in [6.07, 6.45) is 2.74. The van der Waals surface area contributed by atoms with E-state index in [0.717, 1.165) is 6.42 Å². The highest BCUT2D eigenvalue weighted by Gasteiger charge is 2.35. The van der Waals surface area contributed by atoms with Crippen LogP contribution in [0.15, 0.2) is 11.6 Å². The molecule has 0 aromatic carbocycles. The number of carbonyl (C=O) groups excluding carboxylic acids is 1. The Labute approximate surface area is 79.4 Å². The van der Waals surface area contributed by atoms with E-state index in [1.54, 1.807) is 0 Å². The Bertz CT molecular complexity index is 231. The molecule has 0 N–H and O–H groups in total. The summed E-state index contributed by atoms with van der Waals surface area (Å²) in [5.74, 6) is -0.104. The highest BCUT2D eigenvalue weighted by molar-refractivity contribution is 5.77. The fraction of sp³-hybridized carbons (Fsp3) is 0.700. The van der Waals surface area contributed by atoms with Gasteiger partial charge >= 0.3 is 5.97 Å². The van der Waals surface area contributed by atoms with Crippen LogP contribution in [-0.4, -0.2) is 30.2 Å². The minimum absolute atomic E-state index is 0.0805. The number of nitrogens with zero attached hydrogens (tertiary/aromatic N) is 1. The monoisotopic (exact) mass is 183 g/mol. The van der Waals surface area contributed by atoms with Crippen LogP contribution in [0.5, 0.6) is 0 Å². The van der Waals surface area contributed by atoms with Gasteiger partial charge < -0.3 is 4.74 Å². The van der Waals surface area contributed by atoms with Crippen molar-refractivity contribution in [3.05, 3.63) is 11.6 Å². The number of hydrogen-bond donors (Lipinski definition) is 0. The van der Waals surface area contributed by atoms with E-state index in [2.05, 4.69) is 6.08 Å². The van der Waals surface area contributed by atoms with Crippen LogP contribution in [0.3, 0.4) is 0 Å². The molecule has 3 heteroatoms. The van der Waals surface area contributed by atoms with E-state index >= 15 is 0 Å². The van der Waals surface area contributed by atoms with Gasteiger partial charge in [-0.05, 0) is 34.2 Å². The summed E-state index contributed by atoms with van der Waals surface area (Å²) in [4.78, 5) is 13.3. The van der Waals surface area contributed by atoms with Gasteiger partial charge in [0.2, 0.25) is 0 Å². The standard InChI is InChI=1S/C10H17NO2/c1-7(2)5-6-9-10(12)13-8(3)11(9)4/h5,8-9H,6H2,1-4H3/t8-,9-/m0/s1. The molecule has 0 bridgehead atoms. The SMILES string of the molecule is CC(C)=CC[C@H]1C(=O)O[C@@H](C)N1C. The number of carbonyl (C=O) groups is 1. The van der Waals surface area contributed by atoms with Crippen molar-refractivity contribution in [1.82, 2.24) is 4.90 Å². The molecule has 0 aromatic rings. The van der Waals surface area contributed by atoms with E-state index in [9.17, 15) is 4.79 Å². The van der Waals surface area contributed by atoms with Crippen molar-refractivity contribution in [3.8, 4) is 0 Å². The van der Waals surface area contributed by atoms with Crippen molar-refractivity contribution >= 4 is 5.97 Å². The summed E-state index contributed by atoms with van der Waals surface area (Å²) in [6.45, 7) is 5.95. The maximum atomic E-state index is 11.3. The van der Waals surface area contributed by atoms with Crippen molar-refractivity contribution < 1.29 is 9.53 Å². The average molecular weight is 183 g/mol. The highest BCUT2D eigenvalue weighted by Crippen LogP contribution is 2.18. The number of likely N-dealkylation sites (N-methyl/N-ethyl adjacent to an activating group) is 1. The molecule has 13 heavy (non-hydrogen) atoms. The van der Waals surface area contributed by atoms with Crippen LogP contribution in [0, 0.1) is 0 Å². The molecule has 1 fully saturated rings. The van der Waals surface area contributed by atoms with Crippen molar-refractivity contribution in [2.24, 2.45) is 0 Å². The number of rotatable bonds is 2. The summed E-state index contributed by atoms with van der Waals surface area (Å²) in [5.41, 5.74) is 1.24. The Balaban J connectivity index is 2.59. The Kier molecular flexibility index (Phi) is 3.09. The fourth-order valence-electron chi connectivity index (χ4n) is 1.36. The van der Waals surface area contributed by atoms with Crippen molar-refractivity contribution in [2.75, 3.05) is 7.05 Å². The summed E-state index contributed by atoms with van der Waals surface area (Å²) in [6, 6.07) is -0.0927. The Morgan fingerprint density at radius 1 is 1.62 bits per heavy atom. The maximum absolute atomic E-state index is 11.3. The van der Waals surface area contributed by atoms with Gasteiger partial charge in [0.05, 0.1) is 0 Å². The minimum atomic E-state index is -0.104. The minimum Gasteiger partial charge on any atom is -0.445 e. The summed E-state index contributed by atoms with van der Waals surface area (Å²) < 4.78 is 5.08. The normalized spacial score (nSPS) is 28.8. The molecule has 1 saturated heterocycles. The molecule has 0 radical (unpaired) electrons. The lowest BCUT2D eigenvalue weighted by molar-refractivity contribution is -0.141. The summed E-state index contributed by atoms with van der Waals surface area (Å²) in [7, 11) is 1.92. The number of cyclic esters (lactones) is 1. The zero-order valence-electron chi connectivity index (χ0n) is 8.70. The van der Waals surface area contributed by atoms with Gasteiger partial charge in [0.15, 0.2) is 6.23 Å². The molecule has 0 unspecified atom stereocenters. The van der Waals surface area contributed by atoms with Gasteiger partial charge in [0.1, 0.15) is 6.04 Å². The zero-order valence-corrected chi connectivity index (χ0v) is 8.70. The van der Waals surface area contributed by atoms with E-state index in [-0.39, 0.29) is 18.2 Å². The molecule has 2 atom stereocenters. The predicted octanol–water partition coefficient (Wildman–Crippen LogP) is 1.55. The van der Waals surface area contributed by atoms with Gasteiger partial charge in [0.25, 0.3) is 0 Å². The maximum Gasteiger partial charge on any atom is 0.325 e. The van der Waals surface area contributed by atoms with Crippen LogP contribution in [0.2, 0.25) is 0 Å². The Hall–Kier alpha value is -0.830. The Morgan fingerprint density at radius 3 is 2.62 bits per heavy atom. The molecule has 0 saturated carbocycles. The third kappa shape index (κ3) is 2.31. The van der Waals surface area contributed by atoms with Crippen LogP contribution >= 0.6 is 0 Å². The van der Waals surface area contributed by atoms with Gasteiger partial charge in [-0.2, -0.15) is 0 Å². The van der Waals surface area contributed by atoms with Crippen LogP contribution in [0.4, 0.5) is 0 Å². The van der Waals surface area contributed by atoms with Crippen LogP contribution in [0.1, 0.15) is 27.2 Å². The molecule has 74 valence electrons. The van der Waals surface area contributed by atoms with E-state index in [0.29, 0.717) is 0 Å². The first-order valence-corrected chi connectivity index (χ1v) is 4.58. The number of ether oxygens (including phenoxy) is 1. The van der Waals surface area contributed by atoms with Gasteiger partial charge in [-0.1, -0.05) is 11.6 Å². The first kappa shape index (κ1) is 10.3. The molecular formula is C10H17NO2. The second-order valence-corrected chi connectivity index (χ2v) is 3.73. The second-order valence-electron chi connectivity index (χ2n) is 3.73. The van der Waals surface area contributed by atoms with Crippen molar-refractivity contribution in [3.63, 3.8) is 0 Å². The fourth-order valence-corrected chi connectivity index (χ4v) is 1.36. The summed E-state index contributed by atoms with van der Waals surface area (Å²) >= 11 is 0. The van der Waals surface area contributed by atoms with Gasteiger partial charge in [0, 0.05) is 0 Å². The molecule has 1 rings (SSSR count). The molecule has 0 spiro atoms. The first-order chi connectivity index (χ1) is 6.02. The van der Waals surface area contributed by atoms with E-state index in [4.69, 9.17) is 4.74 Å². The lowest BCUT2D eigenvalue weighted by Gasteiger charge is -2.16.